The number of furan rings is 1. The standard InChI is InChI=1S/C58H46N4OSi/c1-57(2)37-58(3,4)49-36-51-47(35-48(49)57)43-28-14-16-32-50(43)62(51)56-60-54(59-55(61-56)46-31-19-30-45-44-29-15-17-33-52(44)63-53(45)46)38-20-18-27-42(34-38)64(39-21-8-5-9-22-39,40-23-10-6-11-24-40)41-25-12-7-13-26-41/h5-36H,37H2,1-4H3. The Labute approximate surface area is 373 Å². The van der Waals surface area contributed by atoms with Gasteiger partial charge in [-0.25, -0.2) is 4.98 Å². The summed E-state index contributed by atoms with van der Waals surface area (Å²) in [6.45, 7) is 9.52. The summed E-state index contributed by atoms with van der Waals surface area (Å²) in [5, 5.41) is 9.64. The van der Waals surface area contributed by atoms with Gasteiger partial charge in [-0.1, -0.05) is 191 Å². The molecule has 1 aliphatic carbocycles. The Morgan fingerprint density at radius 1 is 0.453 bits per heavy atom. The van der Waals surface area contributed by atoms with E-state index < -0.39 is 8.07 Å². The van der Waals surface area contributed by atoms with Gasteiger partial charge in [0.2, 0.25) is 5.95 Å². The van der Waals surface area contributed by atoms with Gasteiger partial charge in [0, 0.05) is 27.1 Å². The number of hydrogen-bond donors (Lipinski definition) is 0. The molecule has 11 aromatic rings. The molecule has 0 unspecified atom stereocenters. The lowest BCUT2D eigenvalue weighted by Crippen LogP contribution is -2.74. The van der Waals surface area contributed by atoms with Crippen LogP contribution in [0.25, 0.3) is 72.5 Å². The molecule has 0 atom stereocenters. The summed E-state index contributed by atoms with van der Waals surface area (Å²) in [5.41, 5.74) is 8.34. The zero-order valence-electron chi connectivity index (χ0n) is 36.4. The highest BCUT2D eigenvalue weighted by Crippen LogP contribution is 2.51. The zero-order chi connectivity index (χ0) is 43.2. The summed E-state index contributed by atoms with van der Waals surface area (Å²) in [6, 6.07) is 70.1. The Bertz CT molecular complexity index is 3490. The molecule has 0 bridgehead atoms. The van der Waals surface area contributed by atoms with Crippen LogP contribution in [0.4, 0.5) is 0 Å². The summed E-state index contributed by atoms with van der Waals surface area (Å²) in [4.78, 5) is 16.4. The molecule has 6 heteroatoms. The minimum Gasteiger partial charge on any atom is -0.455 e. The van der Waals surface area contributed by atoms with Gasteiger partial charge in [0.25, 0.3) is 0 Å². The normalized spacial score (nSPS) is 14.4. The Hall–Kier alpha value is -7.41. The van der Waals surface area contributed by atoms with E-state index in [1.807, 2.05) is 12.1 Å². The Kier molecular flexibility index (Phi) is 8.56. The van der Waals surface area contributed by atoms with Crippen molar-refractivity contribution in [1.29, 1.82) is 0 Å². The molecular weight excluding hydrogens is 797 g/mol. The molecule has 0 fully saturated rings. The Morgan fingerprint density at radius 2 is 1.00 bits per heavy atom. The van der Waals surface area contributed by atoms with Crippen molar-refractivity contribution in [2.75, 3.05) is 0 Å². The number of para-hydroxylation sites is 3. The molecule has 12 rings (SSSR count). The molecule has 0 saturated heterocycles. The third-order valence-corrected chi connectivity index (χ3v) is 18.6. The van der Waals surface area contributed by atoms with Gasteiger partial charge in [-0.3, -0.25) is 4.57 Å². The fraction of sp³-hybridized carbons (Fsp3) is 0.121. The van der Waals surface area contributed by atoms with Crippen molar-refractivity contribution < 1.29 is 4.42 Å². The highest BCUT2D eigenvalue weighted by Gasteiger charge is 2.43. The van der Waals surface area contributed by atoms with E-state index in [-0.39, 0.29) is 10.8 Å². The van der Waals surface area contributed by atoms with Crippen molar-refractivity contribution in [1.82, 2.24) is 19.5 Å². The fourth-order valence-electron chi connectivity index (χ4n) is 11.2. The fourth-order valence-corrected chi connectivity index (χ4v) is 16.0. The summed E-state index contributed by atoms with van der Waals surface area (Å²) in [6.07, 6.45) is 1.08. The Morgan fingerprint density at radius 3 is 1.69 bits per heavy atom. The molecule has 0 N–H and O–H groups in total. The van der Waals surface area contributed by atoms with Gasteiger partial charge in [0.1, 0.15) is 11.2 Å². The number of hydrogen-bond acceptors (Lipinski definition) is 4. The van der Waals surface area contributed by atoms with Gasteiger partial charge in [-0.05, 0) is 79.5 Å². The van der Waals surface area contributed by atoms with E-state index in [0.717, 1.165) is 50.5 Å². The first-order chi connectivity index (χ1) is 31.2. The molecule has 308 valence electrons. The van der Waals surface area contributed by atoms with E-state index in [9.17, 15) is 0 Å². The second-order valence-electron chi connectivity index (χ2n) is 18.7. The van der Waals surface area contributed by atoms with E-state index >= 15 is 0 Å². The first-order valence-corrected chi connectivity index (χ1v) is 24.2. The third kappa shape index (κ3) is 5.79. The van der Waals surface area contributed by atoms with Crippen LogP contribution in [0.15, 0.2) is 199 Å². The van der Waals surface area contributed by atoms with E-state index in [4.69, 9.17) is 19.4 Å². The molecule has 0 amide bonds. The number of aromatic nitrogens is 4. The van der Waals surface area contributed by atoms with Crippen LogP contribution in [0, 0.1) is 0 Å². The molecular formula is C58H46N4OSi. The van der Waals surface area contributed by atoms with E-state index in [0.29, 0.717) is 17.6 Å². The van der Waals surface area contributed by atoms with Crippen LogP contribution >= 0.6 is 0 Å². The van der Waals surface area contributed by atoms with E-state index in [2.05, 4.69) is 214 Å². The lowest BCUT2D eigenvalue weighted by molar-refractivity contribution is 0.403. The van der Waals surface area contributed by atoms with Gasteiger partial charge >= 0.3 is 0 Å². The van der Waals surface area contributed by atoms with Gasteiger partial charge in [-0.15, -0.1) is 0 Å². The molecule has 64 heavy (non-hydrogen) atoms. The predicted molar refractivity (Wildman–Crippen MR) is 267 cm³/mol. The number of benzene rings is 8. The van der Waals surface area contributed by atoms with Gasteiger partial charge in [-0.2, -0.15) is 9.97 Å². The van der Waals surface area contributed by atoms with Crippen molar-refractivity contribution in [3.8, 4) is 28.7 Å². The summed E-state index contributed by atoms with van der Waals surface area (Å²) >= 11 is 0. The third-order valence-electron chi connectivity index (χ3n) is 13.8. The number of rotatable bonds is 7. The predicted octanol–water partition coefficient (Wildman–Crippen LogP) is 11.5. The molecule has 5 nitrogen and oxygen atoms in total. The molecule has 0 saturated carbocycles. The maximum Gasteiger partial charge on any atom is 0.238 e. The second-order valence-corrected chi connectivity index (χ2v) is 22.5. The SMILES string of the molecule is CC1(C)CC(C)(C)c2cc3c(cc21)c1ccccc1n3-c1nc(-c2cccc([Si](c3ccccc3)(c3ccccc3)c3ccccc3)c2)nc(-c2cccc3c2oc2ccccc23)n1. The first kappa shape index (κ1) is 38.3. The molecule has 0 spiro atoms. The highest BCUT2D eigenvalue weighted by atomic mass is 28.3. The van der Waals surface area contributed by atoms with Crippen molar-refractivity contribution in [2.45, 2.75) is 44.9 Å². The summed E-state index contributed by atoms with van der Waals surface area (Å²) in [7, 11) is -2.86. The van der Waals surface area contributed by atoms with E-state index in [1.165, 1.54) is 42.6 Å². The van der Waals surface area contributed by atoms with Gasteiger partial charge < -0.3 is 4.42 Å². The maximum atomic E-state index is 6.66. The largest absolute Gasteiger partial charge is 0.455 e. The lowest BCUT2D eigenvalue weighted by atomic mass is 9.82. The smallest absolute Gasteiger partial charge is 0.238 e. The Balaban J connectivity index is 1.16. The average Bonchev–Trinajstić information content (AvgIpc) is 3.93. The minimum atomic E-state index is -2.86. The van der Waals surface area contributed by atoms with E-state index in [1.54, 1.807) is 0 Å². The number of nitrogens with zero attached hydrogens (tertiary/aromatic N) is 4. The minimum absolute atomic E-state index is 0.00769. The summed E-state index contributed by atoms with van der Waals surface area (Å²) < 4.78 is 8.92. The lowest BCUT2D eigenvalue weighted by Gasteiger charge is -2.34. The van der Waals surface area contributed by atoms with Crippen molar-refractivity contribution in [3.05, 3.63) is 205 Å². The van der Waals surface area contributed by atoms with Crippen molar-refractivity contribution in [3.63, 3.8) is 0 Å². The van der Waals surface area contributed by atoms with Crippen molar-refractivity contribution in [2.24, 2.45) is 0 Å². The van der Waals surface area contributed by atoms with Crippen LogP contribution in [0.2, 0.25) is 0 Å². The van der Waals surface area contributed by atoms with Crippen LogP contribution in [0.5, 0.6) is 0 Å². The van der Waals surface area contributed by atoms with Crippen LogP contribution in [0.1, 0.15) is 45.2 Å². The van der Waals surface area contributed by atoms with Crippen LogP contribution in [-0.4, -0.2) is 27.6 Å². The quantitative estimate of drug-likeness (QED) is 0.118. The average molecular weight is 843 g/mol. The van der Waals surface area contributed by atoms with Gasteiger partial charge in [0.15, 0.2) is 19.7 Å². The van der Waals surface area contributed by atoms with Gasteiger partial charge in [0.05, 0.1) is 16.6 Å². The van der Waals surface area contributed by atoms with Crippen LogP contribution < -0.4 is 20.7 Å². The number of fused-ring (bicyclic) bond motifs is 7. The topological polar surface area (TPSA) is 56.7 Å². The molecule has 3 heterocycles. The molecule has 8 aromatic carbocycles. The molecule has 1 aliphatic rings. The van der Waals surface area contributed by atoms with Crippen LogP contribution in [-0.2, 0) is 10.8 Å². The van der Waals surface area contributed by atoms with Crippen LogP contribution in [0.3, 0.4) is 0 Å². The molecule has 0 aliphatic heterocycles. The second kappa shape index (κ2) is 14.3. The molecule has 0 radical (unpaired) electrons. The maximum absolute atomic E-state index is 6.66. The highest BCUT2D eigenvalue weighted by molar-refractivity contribution is 7.19. The first-order valence-electron chi connectivity index (χ1n) is 22.2. The zero-order valence-corrected chi connectivity index (χ0v) is 37.4. The van der Waals surface area contributed by atoms with Crippen molar-refractivity contribution >= 4 is 72.6 Å². The molecule has 3 aromatic heterocycles. The summed E-state index contributed by atoms with van der Waals surface area (Å²) in [5.74, 6) is 1.72. The monoisotopic (exact) mass is 842 g/mol.